The van der Waals surface area contributed by atoms with Gasteiger partial charge in [-0.1, -0.05) is 6.07 Å². The Hall–Kier alpha value is -2.04. The van der Waals surface area contributed by atoms with Gasteiger partial charge in [0.2, 0.25) is 0 Å². The van der Waals surface area contributed by atoms with Crippen LogP contribution in [0.5, 0.6) is 0 Å². The maximum Gasteiger partial charge on any atom is 0.161 e. The Morgan fingerprint density at radius 2 is 1.58 bits per heavy atom. The second kappa shape index (κ2) is 5.30. The number of halogens is 4. The zero-order valence-electron chi connectivity index (χ0n) is 10.1. The van der Waals surface area contributed by atoms with Crippen LogP contribution < -0.4 is 5.32 Å². The van der Waals surface area contributed by atoms with Gasteiger partial charge >= 0.3 is 0 Å². The first kappa shape index (κ1) is 13.4. The topological polar surface area (TPSA) is 12.0 Å². The van der Waals surface area contributed by atoms with Crippen molar-refractivity contribution in [3.63, 3.8) is 0 Å². The molecule has 0 fully saturated rings. The minimum atomic E-state index is -1.23. The van der Waals surface area contributed by atoms with Crippen molar-refractivity contribution in [2.24, 2.45) is 0 Å². The molecule has 0 aliphatic heterocycles. The molecule has 0 radical (unpaired) electrons. The lowest BCUT2D eigenvalue weighted by Crippen LogP contribution is -2.05. The zero-order chi connectivity index (χ0) is 14.0. The molecule has 5 heteroatoms. The van der Waals surface area contributed by atoms with Crippen molar-refractivity contribution in [2.45, 2.75) is 13.5 Å². The lowest BCUT2D eigenvalue weighted by atomic mass is 10.1. The molecule has 0 unspecified atom stereocenters. The van der Waals surface area contributed by atoms with Gasteiger partial charge in [0.1, 0.15) is 11.6 Å². The summed E-state index contributed by atoms with van der Waals surface area (Å²) in [6.07, 6.45) is 0. The van der Waals surface area contributed by atoms with Gasteiger partial charge in [-0.3, -0.25) is 0 Å². The Balaban J connectivity index is 2.19. The normalized spacial score (nSPS) is 10.6. The molecule has 19 heavy (non-hydrogen) atoms. The first-order valence-corrected chi connectivity index (χ1v) is 5.61. The van der Waals surface area contributed by atoms with Gasteiger partial charge in [0, 0.05) is 23.9 Å². The Bertz CT molecular complexity index is 611. The van der Waals surface area contributed by atoms with E-state index in [0.717, 1.165) is 11.6 Å². The number of nitrogens with one attached hydrogen (secondary N) is 1. The summed E-state index contributed by atoms with van der Waals surface area (Å²) < 4.78 is 52.2. The summed E-state index contributed by atoms with van der Waals surface area (Å²) in [6, 6.07) is 5.40. The van der Waals surface area contributed by atoms with Crippen LogP contribution in [0, 0.1) is 30.2 Å². The van der Waals surface area contributed by atoms with E-state index in [-0.39, 0.29) is 12.1 Å². The van der Waals surface area contributed by atoms with Crippen LogP contribution in [0.2, 0.25) is 0 Å². The van der Waals surface area contributed by atoms with Crippen molar-refractivity contribution in [3.05, 3.63) is 64.7 Å². The highest BCUT2D eigenvalue weighted by Gasteiger charge is 2.10. The van der Waals surface area contributed by atoms with Crippen molar-refractivity contribution in [1.82, 2.24) is 0 Å². The summed E-state index contributed by atoms with van der Waals surface area (Å²) in [6.45, 7) is 1.69. The number of anilines is 1. The molecule has 0 bridgehead atoms. The van der Waals surface area contributed by atoms with E-state index in [9.17, 15) is 17.6 Å². The largest absolute Gasteiger partial charge is 0.381 e. The summed E-state index contributed by atoms with van der Waals surface area (Å²) in [5, 5.41) is 2.79. The highest BCUT2D eigenvalue weighted by molar-refractivity contribution is 5.51. The fraction of sp³-hybridized carbons (Fsp3) is 0.143. The van der Waals surface area contributed by atoms with Crippen LogP contribution in [-0.2, 0) is 6.54 Å². The molecule has 0 saturated carbocycles. The smallest absolute Gasteiger partial charge is 0.161 e. The summed E-state index contributed by atoms with van der Waals surface area (Å²) in [5.74, 6) is -3.63. The second-order valence-corrected chi connectivity index (χ2v) is 4.17. The minimum Gasteiger partial charge on any atom is -0.381 e. The van der Waals surface area contributed by atoms with Crippen LogP contribution in [0.4, 0.5) is 23.2 Å². The van der Waals surface area contributed by atoms with E-state index in [1.54, 1.807) is 13.0 Å². The highest BCUT2D eigenvalue weighted by atomic mass is 19.2. The molecule has 0 saturated heterocycles. The third-order valence-corrected chi connectivity index (χ3v) is 2.76. The van der Waals surface area contributed by atoms with Crippen molar-refractivity contribution in [1.29, 1.82) is 0 Å². The van der Waals surface area contributed by atoms with E-state index in [1.165, 1.54) is 12.1 Å². The molecule has 2 aromatic carbocycles. The van der Waals surface area contributed by atoms with Crippen LogP contribution >= 0.6 is 0 Å². The summed E-state index contributed by atoms with van der Waals surface area (Å²) in [5.41, 5.74) is 1.22. The molecule has 2 aromatic rings. The molecule has 0 heterocycles. The summed E-state index contributed by atoms with van der Waals surface area (Å²) in [4.78, 5) is 0. The van der Waals surface area contributed by atoms with E-state index in [2.05, 4.69) is 5.32 Å². The Morgan fingerprint density at radius 3 is 2.32 bits per heavy atom. The Morgan fingerprint density at radius 1 is 0.895 bits per heavy atom. The molecule has 1 N–H and O–H groups in total. The van der Waals surface area contributed by atoms with Gasteiger partial charge in [0.25, 0.3) is 0 Å². The number of hydrogen-bond donors (Lipinski definition) is 1. The van der Waals surface area contributed by atoms with E-state index in [4.69, 9.17) is 0 Å². The van der Waals surface area contributed by atoms with Crippen LogP contribution in [0.1, 0.15) is 11.1 Å². The fourth-order valence-electron chi connectivity index (χ4n) is 1.67. The average molecular weight is 269 g/mol. The third-order valence-electron chi connectivity index (χ3n) is 2.76. The molecular weight excluding hydrogens is 258 g/mol. The molecule has 0 atom stereocenters. The maximum atomic E-state index is 13.4. The number of hydrogen-bond acceptors (Lipinski definition) is 1. The van der Waals surface area contributed by atoms with E-state index < -0.39 is 23.3 Å². The Kier molecular flexibility index (Phi) is 3.74. The van der Waals surface area contributed by atoms with Crippen LogP contribution in [0.25, 0.3) is 0 Å². The highest BCUT2D eigenvalue weighted by Crippen LogP contribution is 2.19. The van der Waals surface area contributed by atoms with Gasteiger partial charge in [-0.05, 0) is 30.7 Å². The van der Waals surface area contributed by atoms with Gasteiger partial charge in [0.05, 0.1) is 0 Å². The van der Waals surface area contributed by atoms with Crippen LogP contribution in [-0.4, -0.2) is 0 Å². The van der Waals surface area contributed by atoms with E-state index >= 15 is 0 Å². The lowest BCUT2D eigenvalue weighted by Gasteiger charge is -2.10. The molecule has 100 valence electrons. The molecule has 0 aromatic heterocycles. The predicted molar refractivity (Wildman–Crippen MR) is 64.8 cm³/mol. The number of rotatable bonds is 3. The van der Waals surface area contributed by atoms with Crippen molar-refractivity contribution >= 4 is 5.69 Å². The third kappa shape index (κ3) is 3.05. The standard InChI is InChI=1S/C14H11F4N/c1-8-2-3-10(15)5-14(8)19-7-9-4-12(17)13(18)6-11(9)16/h2-6,19H,7H2,1H3. The quantitative estimate of drug-likeness (QED) is 0.651. The van der Waals surface area contributed by atoms with Gasteiger partial charge in [-0.2, -0.15) is 0 Å². The Labute approximate surface area is 107 Å². The van der Waals surface area contributed by atoms with Gasteiger partial charge in [-0.25, -0.2) is 17.6 Å². The zero-order valence-corrected chi connectivity index (χ0v) is 10.1. The SMILES string of the molecule is Cc1ccc(F)cc1NCc1cc(F)c(F)cc1F. The summed E-state index contributed by atoms with van der Waals surface area (Å²) in [7, 11) is 0. The van der Waals surface area contributed by atoms with Crippen molar-refractivity contribution in [2.75, 3.05) is 5.32 Å². The number of benzene rings is 2. The average Bonchev–Trinajstić information content (AvgIpc) is 2.36. The summed E-state index contributed by atoms with van der Waals surface area (Å²) >= 11 is 0. The molecule has 0 amide bonds. The van der Waals surface area contributed by atoms with Crippen molar-refractivity contribution in [3.8, 4) is 0 Å². The lowest BCUT2D eigenvalue weighted by molar-refractivity contribution is 0.490. The number of aryl methyl sites for hydroxylation is 1. The first-order valence-electron chi connectivity index (χ1n) is 5.61. The predicted octanol–water partition coefficient (Wildman–Crippen LogP) is 4.16. The molecule has 0 spiro atoms. The monoisotopic (exact) mass is 269 g/mol. The van der Waals surface area contributed by atoms with Gasteiger partial charge in [-0.15, -0.1) is 0 Å². The molecule has 2 rings (SSSR count). The fourth-order valence-corrected chi connectivity index (χ4v) is 1.67. The molecule has 0 aliphatic carbocycles. The van der Waals surface area contributed by atoms with Crippen LogP contribution in [0.3, 0.4) is 0 Å². The van der Waals surface area contributed by atoms with Crippen LogP contribution in [0.15, 0.2) is 30.3 Å². The van der Waals surface area contributed by atoms with Gasteiger partial charge in [0.15, 0.2) is 11.6 Å². The van der Waals surface area contributed by atoms with E-state index in [0.29, 0.717) is 11.8 Å². The molecule has 1 nitrogen and oxygen atoms in total. The van der Waals surface area contributed by atoms with Gasteiger partial charge < -0.3 is 5.32 Å². The van der Waals surface area contributed by atoms with E-state index in [1.807, 2.05) is 0 Å². The molecular formula is C14H11F4N. The van der Waals surface area contributed by atoms with Crippen molar-refractivity contribution < 1.29 is 17.6 Å². The first-order chi connectivity index (χ1) is 8.97. The maximum absolute atomic E-state index is 13.4. The molecule has 0 aliphatic rings. The second-order valence-electron chi connectivity index (χ2n) is 4.17. The minimum absolute atomic E-state index is 0.0254.